The smallest absolute Gasteiger partial charge is 0.329 e. The lowest BCUT2D eigenvalue weighted by Gasteiger charge is -2.33. The number of carbonyl (C=O) groups is 2. The minimum Gasteiger partial charge on any atom is -0.497 e. The van der Waals surface area contributed by atoms with Gasteiger partial charge in [-0.25, -0.2) is 4.79 Å². The van der Waals surface area contributed by atoms with Crippen LogP contribution in [0, 0.1) is 6.92 Å². The van der Waals surface area contributed by atoms with Gasteiger partial charge >= 0.3 is 5.97 Å². The number of methoxy groups -OCH3 is 2. The molecule has 0 aliphatic carbocycles. The molecule has 0 spiro atoms. The van der Waals surface area contributed by atoms with Gasteiger partial charge in [0.15, 0.2) is 0 Å². The number of aliphatic carboxylic acids is 1. The van der Waals surface area contributed by atoms with Gasteiger partial charge in [-0.05, 0) is 44.0 Å². The van der Waals surface area contributed by atoms with Crippen molar-refractivity contribution in [2.45, 2.75) is 25.9 Å². The molecule has 2 aromatic carbocycles. The Kier molecular flexibility index (Phi) is 8.68. The number of anilines is 1. The van der Waals surface area contributed by atoms with Gasteiger partial charge in [0.1, 0.15) is 18.1 Å². The highest BCUT2D eigenvalue weighted by Crippen LogP contribution is 2.26. The molecular weight excluding hydrogens is 424 g/mol. The number of carboxylic acids is 1. The minimum atomic E-state index is -0.946. The molecule has 0 aromatic heterocycles. The van der Waals surface area contributed by atoms with Crippen LogP contribution in [0.3, 0.4) is 0 Å². The molecule has 0 unspecified atom stereocenters. The summed E-state index contributed by atoms with van der Waals surface area (Å²) in [5.74, 6) is 0.0459. The van der Waals surface area contributed by atoms with E-state index in [0.29, 0.717) is 30.2 Å². The molecule has 1 saturated heterocycles. The van der Waals surface area contributed by atoms with Gasteiger partial charge in [0.25, 0.3) is 5.91 Å². The van der Waals surface area contributed by atoms with Crippen LogP contribution in [0.15, 0.2) is 42.5 Å². The van der Waals surface area contributed by atoms with Gasteiger partial charge in [0.05, 0.1) is 20.3 Å². The predicted molar refractivity (Wildman–Crippen MR) is 125 cm³/mol. The number of ether oxygens (including phenoxy) is 3. The van der Waals surface area contributed by atoms with Gasteiger partial charge in [-0.15, -0.1) is 0 Å². The highest BCUT2D eigenvalue weighted by atomic mass is 16.5. The van der Waals surface area contributed by atoms with Gasteiger partial charge in [-0.1, -0.05) is 17.7 Å². The summed E-state index contributed by atoms with van der Waals surface area (Å²) in [6.45, 7) is 4.57. The molecule has 1 heterocycles. The first-order valence-corrected chi connectivity index (χ1v) is 11.1. The molecule has 3 rings (SSSR count). The van der Waals surface area contributed by atoms with Crippen molar-refractivity contribution < 1.29 is 28.9 Å². The summed E-state index contributed by atoms with van der Waals surface area (Å²) in [4.78, 5) is 28.3. The number of hydrogen-bond donors (Lipinski definition) is 1. The highest BCUT2D eigenvalue weighted by Gasteiger charge is 2.24. The maximum atomic E-state index is 13.6. The molecule has 8 heteroatoms. The van der Waals surface area contributed by atoms with E-state index in [1.807, 2.05) is 31.2 Å². The maximum Gasteiger partial charge on any atom is 0.329 e. The van der Waals surface area contributed by atoms with Crippen molar-refractivity contribution in [2.24, 2.45) is 0 Å². The molecule has 1 amide bonds. The molecule has 1 aliphatic heterocycles. The summed E-state index contributed by atoms with van der Waals surface area (Å²) in [6.07, 6.45) is 1.52. The Hall–Kier alpha value is -3.10. The number of aryl methyl sites for hydroxylation is 1. The number of carbonyl (C=O) groups excluding carboxylic acids is 1. The molecule has 0 bridgehead atoms. The Labute approximate surface area is 194 Å². The molecule has 8 nitrogen and oxygen atoms in total. The molecular formula is C25H32N2O6. The molecule has 1 aliphatic rings. The van der Waals surface area contributed by atoms with Crippen LogP contribution in [0.2, 0.25) is 0 Å². The van der Waals surface area contributed by atoms with Crippen molar-refractivity contribution in [2.75, 3.05) is 51.9 Å². The van der Waals surface area contributed by atoms with Crippen molar-refractivity contribution in [1.29, 1.82) is 0 Å². The molecule has 1 N–H and O–H groups in total. The van der Waals surface area contributed by atoms with Gasteiger partial charge in [-0.2, -0.15) is 0 Å². The number of piperidine rings is 1. The number of likely N-dealkylation sites (tertiary alicyclic amines) is 1. The van der Waals surface area contributed by atoms with E-state index in [4.69, 9.17) is 19.3 Å². The van der Waals surface area contributed by atoms with Crippen molar-refractivity contribution in [1.82, 2.24) is 4.90 Å². The summed E-state index contributed by atoms with van der Waals surface area (Å²) in [7, 11) is 3.12. The second-order valence-corrected chi connectivity index (χ2v) is 8.14. The van der Waals surface area contributed by atoms with E-state index in [1.54, 1.807) is 37.3 Å². The fraction of sp³-hybridized carbons (Fsp3) is 0.440. The summed E-state index contributed by atoms with van der Waals surface area (Å²) in [5.41, 5.74) is 2.44. The maximum absolute atomic E-state index is 13.6. The third-order valence-corrected chi connectivity index (χ3v) is 5.81. The standard InChI is InChI=1S/C25H32N2O6/c1-18-4-6-20(7-5-18)27(25(30)19-14-22(31-2)16-23(15-19)32-3)13-12-26-10-8-21(9-11-26)33-17-24(28)29/h4-7,14-16,21H,8-13,17H2,1-3H3,(H,28,29). The van der Waals surface area contributed by atoms with Crippen LogP contribution in [0.25, 0.3) is 0 Å². The van der Waals surface area contributed by atoms with Gasteiger partial charge < -0.3 is 29.1 Å². The molecule has 33 heavy (non-hydrogen) atoms. The lowest BCUT2D eigenvalue weighted by Crippen LogP contribution is -2.43. The van der Waals surface area contributed by atoms with Gasteiger partial charge in [0, 0.05) is 43.5 Å². The van der Waals surface area contributed by atoms with Crippen molar-refractivity contribution in [3.63, 3.8) is 0 Å². The van der Waals surface area contributed by atoms with Crippen LogP contribution in [0.4, 0.5) is 5.69 Å². The molecule has 0 saturated carbocycles. The monoisotopic (exact) mass is 456 g/mol. The molecule has 1 fully saturated rings. The Balaban J connectivity index is 1.71. The van der Waals surface area contributed by atoms with E-state index in [2.05, 4.69) is 4.90 Å². The SMILES string of the molecule is COc1cc(OC)cc(C(=O)N(CCN2CCC(OCC(=O)O)CC2)c2ccc(C)cc2)c1. The first-order valence-electron chi connectivity index (χ1n) is 11.1. The van der Waals surface area contributed by atoms with E-state index in [0.717, 1.165) is 37.2 Å². The fourth-order valence-corrected chi connectivity index (χ4v) is 3.89. The molecule has 2 aromatic rings. The van der Waals surface area contributed by atoms with Crippen molar-refractivity contribution in [3.8, 4) is 11.5 Å². The Morgan fingerprint density at radius 1 is 1.03 bits per heavy atom. The van der Waals surface area contributed by atoms with Crippen molar-refractivity contribution >= 4 is 17.6 Å². The number of amides is 1. The number of rotatable bonds is 10. The molecule has 0 radical (unpaired) electrons. The summed E-state index contributed by atoms with van der Waals surface area (Å²) in [6, 6.07) is 13.1. The summed E-state index contributed by atoms with van der Waals surface area (Å²) >= 11 is 0. The van der Waals surface area contributed by atoms with Crippen LogP contribution in [-0.4, -0.2) is 75.0 Å². The number of carboxylic acid groups (broad SMARTS) is 1. The number of benzene rings is 2. The van der Waals surface area contributed by atoms with E-state index >= 15 is 0 Å². The largest absolute Gasteiger partial charge is 0.497 e. The molecule has 178 valence electrons. The average molecular weight is 457 g/mol. The van der Waals surface area contributed by atoms with Crippen LogP contribution < -0.4 is 14.4 Å². The average Bonchev–Trinajstić information content (AvgIpc) is 2.84. The van der Waals surface area contributed by atoms with Crippen LogP contribution in [0.1, 0.15) is 28.8 Å². The zero-order valence-electron chi connectivity index (χ0n) is 19.5. The van der Waals surface area contributed by atoms with E-state index < -0.39 is 5.97 Å². The quantitative estimate of drug-likeness (QED) is 0.587. The lowest BCUT2D eigenvalue weighted by atomic mass is 10.1. The second-order valence-electron chi connectivity index (χ2n) is 8.14. The second kappa shape index (κ2) is 11.7. The van der Waals surface area contributed by atoms with E-state index in [1.165, 1.54) is 0 Å². The van der Waals surface area contributed by atoms with Crippen LogP contribution >= 0.6 is 0 Å². The number of hydrogen-bond acceptors (Lipinski definition) is 6. The van der Waals surface area contributed by atoms with Crippen molar-refractivity contribution in [3.05, 3.63) is 53.6 Å². The zero-order chi connectivity index (χ0) is 23.8. The highest BCUT2D eigenvalue weighted by molar-refractivity contribution is 6.06. The minimum absolute atomic E-state index is 0.0311. The molecule has 0 atom stereocenters. The first-order chi connectivity index (χ1) is 15.9. The fourth-order valence-electron chi connectivity index (χ4n) is 3.89. The lowest BCUT2D eigenvalue weighted by molar-refractivity contribution is -0.145. The zero-order valence-corrected chi connectivity index (χ0v) is 19.5. The topological polar surface area (TPSA) is 88.5 Å². The first kappa shape index (κ1) is 24.5. The van der Waals surface area contributed by atoms with Crippen LogP contribution in [0.5, 0.6) is 11.5 Å². The number of nitrogens with zero attached hydrogens (tertiary/aromatic N) is 2. The Bertz CT molecular complexity index is 916. The van der Waals surface area contributed by atoms with Gasteiger partial charge in [0.2, 0.25) is 0 Å². The third kappa shape index (κ3) is 6.94. The van der Waals surface area contributed by atoms with E-state index in [9.17, 15) is 9.59 Å². The third-order valence-electron chi connectivity index (χ3n) is 5.81. The van der Waals surface area contributed by atoms with E-state index in [-0.39, 0.29) is 18.6 Å². The normalized spacial score (nSPS) is 14.6. The Morgan fingerprint density at radius 3 is 2.18 bits per heavy atom. The van der Waals surface area contributed by atoms with Crippen LogP contribution in [-0.2, 0) is 9.53 Å². The van der Waals surface area contributed by atoms with Gasteiger partial charge in [-0.3, -0.25) is 4.79 Å². The Morgan fingerprint density at radius 2 is 1.64 bits per heavy atom. The summed E-state index contributed by atoms with van der Waals surface area (Å²) in [5, 5.41) is 8.79. The predicted octanol–water partition coefficient (Wildman–Crippen LogP) is 3.22. The summed E-state index contributed by atoms with van der Waals surface area (Å²) < 4.78 is 16.1.